The number of nitrogens with one attached hydrogen (secondary N) is 3. The maximum absolute atomic E-state index is 12.4. The van der Waals surface area contributed by atoms with Gasteiger partial charge in [0.25, 0.3) is 0 Å². The zero-order valence-electron chi connectivity index (χ0n) is 17.0. The van der Waals surface area contributed by atoms with Crippen LogP contribution < -0.4 is 16.5 Å². The van der Waals surface area contributed by atoms with Crippen molar-refractivity contribution in [3.05, 3.63) is 71.8 Å². The maximum atomic E-state index is 12.4. The van der Waals surface area contributed by atoms with Crippen LogP contribution in [0, 0.1) is 5.41 Å². The lowest BCUT2D eigenvalue weighted by atomic mass is 9.99. The molecule has 6 N–H and O–H groups in total. The van der Waals surface area contributed by atoms with Gasteiger partial charge >= 0.3 is 5.97 Å². The molecular formula is C22H29N5O3. The second-order valence-corrected chi connectivity index (χ2v) is 7.01. The van der Waals surface area contributed by atoms with Gasteiger partial charge in [0.15, 0.2) is 5.96 Å². The van der Waals surface area contributed by atoms with Crippen molar-refractivity contribution >= 4 is 17.8 Å². The van der Waals surface area contributed by atoms with Gasteiger partial charge in [-0.2, -0.15) is 0 Å². The highest BCUT2D eigenvalue weighted by molar-refractivity contribution is 5.81. The van der Waals surface area contributed by atoms with Crippen LogP contribution in [0.1, 0.15) is 36.9 Å². The monoisotopic (exact) mass is 411 g/mol. The van der Waals surface area contributed by atoms with Crippen molar-refractivity contribution in [1.29, 1.82) is 5.41 Å². The Labute approximate surface area is 176 Å². The molecule has 0 bridgehead atoms. The van der Waals surface area contributed by atoms with Crippen molar-refractivity contribution in [2.75, 3.05) is 6.54 Å². The summed E-state index contributed by atoms with van der Waals surface area (Å²) in [6, 6.07) is 18.1. The molecule has 2 aromatic rings. The molecule has 8 nitrogen and oxygen atoms in total. The molecule has 0 saturated heterocycles. The molecule has 0 aliphatic carbocycles. The topological polar surface area (TPSA) is 132 Å². The summed E-state index contributed by atoms with van der Waals surface area (Å²) in [5, 5.41) is 20.8. The lowest BCUT2D eigenvalue weighted by Crippen LogP contribution is -2.53. The molecule has 0 aromatic heterocycles. The van der Waals surface area contributed by atoms with Gasteiger partial charge in [-0.05, 0) is 30.4 Å². The zero-order chi connectivity index (χ0) is 21.9. The van der Waals surface area contributed by atoms with Gasteiger partial charge in [-0.25, -0.2) is 10.2 Å². The molecule has 160 valence electrons. The van der Waals surface area contributed by atoms with Crippen LogP contribution in [0.3, 0.4) is 0 Å². The number of hydrogen-bond donors (Lipinski definition) is 5. The number of benzene rings is 2. The summed E-state index contributed by atoms with van der Waals surface area (Å²) in [4.78, 5) is 24.3. The number of aliphatic carboxylic acids is 1. The number of nitrogens with two attached hydrogens (primary N) is 1. The van der Waals surface area contributed by atoms with Gasteiger partial charge in [0, 0.05) is 13.5 Å². The van der Waals surface area contributed by atoms with Crippen LogP contribution in [-0.4, -0.2) is 40.5 Å². The molecule has 1 amide bonds. The zero-order valence-corrected chi connectivity index (χ0v) is 17.0. The van der Waals surface area contributed by atoms with Crippen molar-refractivity contribution in [2.45, 2.75) is 38.3 Å². The fourth-order valence-corrected chi connectivity index (χ4v) is 3.22. The molecule has 2 atom stereocenters. The van der Waals surface area contributed by atoms with Crippen molar-refractivity contribution in [1.82, 2.24) is 15.8 Å². The van der Waals surface area contributed by atoms with Crippen LogP contribution in [0.15, 0.2) is 60.7 Å². The summed E-state index contributed by atoms with van der Waals surface area (Å²) in [5.74, 6) is -1.64. The Morgan fingerprint density at radius 2 is 1.70 bits per heavy atom. The summed E-state index contributed by atoms with van der Waals surface area (Å²) < 4.78 is 0. The van der Waals surface area contributed by atoms with Crippen LogP contribution in [0.25, 0.3) is 0 Å². The Morgan fingerprint density at radius 1 is 1.10 bits per heavy atom. The Balaban J connectivity index is 2.21. The number of carboxylic acids is 1. The molecule has 1 unspecified atom stereocenters. The fraction of sp³-hybridized carbons (Fsp3) is 0.318. The molecule has 30 heavy (non-hydrogen) atoms. The highest BCUT2D eigenvalue weighted by Crippen LogP contribution is 2.20. The van der Waals surface area contributed by atoms with Crippen LogP contribution in [0.2, 0.25) is 0 Å². The smallest absolute Gasteiger partial charge is 0.328 e. The summed E-state index contributed by atoms with van der Waals surface area (Å²) >= 11 is 0. The first kappa shape index (κ1) is 22.9. The van der Waals surface area contributed by atoms with E-state index in [0.29, 0.717) is 19.4 Å². The number of rotatable bonds is 11. The van der Waals surface area contributed by atoms with E-state index in [2.05, 4.69) is 10.7 Å². The second kappa shape index (κ2) is 11.6. The Bertz CT molecular complexity index is 829. The molecular weight excluding hydrogens is 382 g/mol. The number of hydrazine groups is 1. The van der Waals surface area contributed by atoms with Crippen LogP contribution in [-0.2, 0) is 16.0 Å². The first-order valence-electron chi connectivity index (χ1n) is 9.84. The lowest BCUT2D eigenvalue weighted by molar-refractivity contribution is -0.153. The molecule has 0 spiro atoms. The van der Waals surface area contributed by atoms with Crippen LogP contribution in [0.5, 0.6) is 0 Å². The minimum absolute atomic E-state index is 0.171. The number of carboxylic acid groups (broad SMARTS) is 1. The van der Waals surface area contributed by atoms with E-state index in [1.165, 1.54) is 11.9 Å². The highest BCUT2D eigenvalue weighted by Gasteiger charge is 2.30. The van der Waals surface area contributed by atoms with Crippen molar-refractivity contribution in [2.24, 2.45) is 5.73 Å². The van der Waals surface area contributed by atoms with Crippen molar-refractivity contribution in [3.8, 4) is 0 Å². The van der Waals surface area contributed by atoms with Crippen molar-refractivity contribution < 1.29 is 14.7 Å². The molecule has 0 fully saturated rings. The number of carbonyl (C=O) groups excluding carboxylic acids is 1. The van der Waals surface area contributed by atoms with Gasteiger partial charge in [-0.15, -0.1) is 0 Å². The van der Waals surface area contributed by atoms with E-state index < -0.39 is 12.0 Å². The first-order chi connectivity index (χ1) is 14.4. The third-order valence-corrected chi connectivity index (χ3v) is 4.69. The number of hydrogen-bond acceptors (Lipinski definition) is 4. The molecule has 0 heterocycles. The van der Waals surface area contributed by atoms with E-state index in [1.807, 2.05) is 60.7 Å². The summed E-state index contributed by atoms with van der Waals surface area (Å²) in [5.41, 5.74) is 10.4. The van der Waals surface area contributed by atoms with Gasteiger partial charge in [0.2, 0.25) is 5.91 Å². The normalized spacial score (nSPS) is 12.6. The Morgan fingerprint density at radius 3 is 2.23 bits per heavy atom. The average Bonchev–Trinajstić information content (AvgIpc) is 2.72. The van der Waals surface area contributed by atoms with E-state index >= 15 is 0 Å². The molecule has 8 heteroatoms. The predicted octanol–water partition coefficient (Wildman–Crippen LogP) is 2.04. The van der Waals surface area contributed by atoms with Gasteiger partial charge < -0.3 is 16.2 Å². The van der Waals surface area contributed by atoms with E-state index in [4.69, 9.17) is 11.1 Å². The van der Waals surface area contributed by atoms with E-state index in [0.717, 1.165) is 11.1 Å². The van der Waals surface area contributed by atoms with Gasteiger partial charge in [-0.1, -0.05) is 60.7 Å². The van der Waals surface area contributed by atoms with Crippen molar-refractivity contribution in [3.63, 3.8) is 0 Å². The second-order valence-electron chi connectivity index (χ2n) is 7.01. The van der Waals surface area contributed by atoms with Crippen LogP contribution in [0.4, 0.5) is 0 Å². The van der Waals surface area contributed by atoms with E-state index in [1.54, 1.807) is 0 Å². The predicted molar refractivity (Wildman–Crippen MR) is 116 cm³/mol. The van der Waals surface area contributed by atoms with Crippen LogP contribution >= 0.6 is 0 Å². The third kappa shape index (κ3) is 7.21. The third-order valence-electron chi connectivity index (χ3n) is 4.69. The first-order valence-corrected chi connectivity index (χ1v) is 9.84. The maximum Gasteiger partial charge on any atom is 0.328 e. The summed E-state index contributed by atoms with van der Waals surface area (Å²) in [6.07, 6.45) is 1.25. The molecule has 0 saturated carbocycles. The minimum atomic E-state index is -1.09. The average molecular weight is 412 g/mol. The molecule has 2 aromatic carbocycles. The number of guanidine groups is 1. The standard InChI is InChI=1S/C22H29N5O3/c1-16(28)27(20(21(29)30)13-8-14-25-22(23)24)26-19(18-11-6-3-7-12-18)15-17-9-4-2-5-10-17/h2-7,9-12,19-20,26H,8,13-15H2,1H3,(H,29,30)(H4,23,24,25)/t19?,20-/m0/s1. The van der Waals surface area contributed by atoms with Gasteiger partial charge in [-0.3, -0.25) is 15.2 Å². The fourth-order valence-electron chi connectivity index (χ4n) is 3.22. The van der Waals surface area contributed by atoms with E-state index in [9.17, 15) is 14.7 Å². The van der Waals surface area contributed by atoms with Gasteiger partial charge in [0.1, 0.15) is 6.04 Å². The summed E-state index contributed by atoms with van der Waals surface area (Å²) in [7, 11) is 0. The Hall–Kier alpha value is -3.39. The lowest BCUT2D eigenvalue weighted by Gasteiger charge is -2.33. The quantitative estimate of drug-likeness (QED) is 0.166. The number of carbonyl (C=O) groups is 2. The number of amides is 1. The number of nitrogens with zero attached hydrogens (tertiary/aromatic N) is 1. The highest BCUT2D eigenvalue weighted by atomic mass is 16.4. The molecule has 2 rings (SSSR count). The van der Waals surface area contributed by atoms with E-state index in [-0.39, 0.29) is 24.3 Å². The SMILES string of the molecule is CC(=O)N(NC(Cc1ccccc1)c1ccccc1)[C@@H](CCCNC(=N)N)C(=O)O. The summed E-state index contributed by atoms with van der Waals surface area (Å²) in [6.45, 7) is 1.71. The van der Waals surface area contributed by atoms with Gasteiger partial charge in [0.05, 0.1) is 6.04 Å². The molecule has 0 radical (unpaired) electrons. The molecule has 0 aliphatic rings. The Kier molecular flexibility index (Phi) is 8.83. The minimum Gasteiger partial charge on any atom is -0.480 e. The largest absolute Gasteiger partial charge is 0.480 e. The molecule has 0 aliphatic heterocycles.